The Kier molecular flexibility index (Phi) is 2.63. The number of aliphatic hydroxyl groups is 1. The first-order valence-corrected chi connectivity index (χ1v) is 5.80. The second-order valence-corrected chi connectivity index (χ2v) is 5.49. The van der Waals surface area contributed by atoms with Gasteiger partial charge in [-0.25, -0.2) is 0 Å². The van der Waals surface area contributed by atoms with E-state index in [0.717, 1.165) is 27.1 Å². The summed E-state index contributed by atoms with van der Waals surface area (Å²) >= 11 is 7.44. The van der Waals surface area contributed by atoms with Gasteiger partial charge in [-0.2, -0.15) is 0 Å². The van der Waals surface area contributed by atoms with Crippen molar-refractivity contribution < 1.29 is 5.11 Å². The molecule has 1 saturated carbocycles. The van der Waals surface area contributed by atoms with Gasteiger partial charge in [0.2, 0.25) is 0 Å². The van der Waals surface area contributed by atoms with Crippen LogP contribution in [0.5, 0.6) is 0 Å². The van der Waals surface area contributed by atoms with E-state index in [9.17, 15) is 5.11 Å². The Balaban J connectivity index is 2.05. The van der Waals surface area contributed by atoms with E-state index in [0.29, 0.717) is 0 Å². The van der Waals surface area contributed by atoms with Crippen LogP contribution in [0.2, 0.25) is 4.34 Å². The van der Waals surface area contributed by atoms with E-state index in [2.05, 4.69) is 0 Å². The van der Waals surface area contributed by atoms with Gasteiger partial charge in [0.25, 0.3) is 0 Å². The lowest BCUT2D eigenvalue weighted by molar-refractivity contribution is 0.164. The molecule has 1 aliphatic rings. The third-order valence-corrected chi connectivity index (χ3v) is 4.11. The van der Waals surface area contributed by atoms with Crippen LogP contribution in [0.25, 0.3) is 0 Å². The van der Waals surface area contributed by atoms with E-state index in [-0.39, 0.29) is 6.10 Å². The van der Waals surface area contributed by atoms with Gasteiger partial charge in [0.05, 0.1) is 10.4 Å². The molecular weight excluding hydrogens is 204 g/mol. The second-order valence-electron chi connectivity index (χ2n) is 3.80. The van der Waals surface area contributed by atoms with E-state index in [4.69, 9.17) is 11.6 Å². The zero-order valence-corrected chi connectivity index (χ0v) is 9.16. The fourth-order valence-corrected chi connectivity index (χ4v) is 2.65. The maximum absolute atomic E-state index is 9.82. The highest BCUT2D eigenvalue weighted by molar-refractivity contribution is 7.16. The first-order valence-electron chi connectivity index (χ1n) is 4.60. The lowest BCUT2D eigenvalue weighted by Gasteiger charge is -2.05. The molecule has 0 aliphatic heterocycles. The largest absolute Gasteiger partial charge is 0.388 e. The summed E-state index contributed by atoms with van der Waals surface area (Å²) in [4.78, 5) is 1.02. The quantitative estimate of drug-likeness (QED) is 0.820. The molecule has 0 bridgehead atoms. The van der Waals surface area contributed by atoms with Crippen LogP contribution in [0.4, 0.5) is 0 Å². The molecule has 0 radical (unpaired) electrons. The van der Waals surface area contributed by atoms with Crippen molar-refractivity contribution in [2.24, 2.45) is 5.92 Å². The van der Waals surface area contributed by atoms with Gasteiger partial charge in [0.1, 0.15) is 0 Å². The molecule has 0 saturated heterocycles. The van der Waals surface area contributed by atoms with Gasteiger partial charge in [0.15, 0.2) is 0 Å². The molecule has 0 aromatic carbocycles. The van der Waals surface area contributed by atoms with Crippen molar-refractivity contribution in [2.75, 3.05) is 0 Å². The second kappa shape index (κ2) is 3.60. The van der Waals surface area contributed by atoms with Crippen molar-refractivity contribution in [1.29, 1.82) is 0 Å². The van der Waals surface area contributed by atoms with Crippen LogP contribution in [-0.4, -0.2) is 5.11 Å². The summed E-state index contributed by atoms with van der Waals surface area (Å²) in [7, 11) is 0. The van der Waals surface area contributed by atoms with Gasteiger partial charge >= 0.3 is 0 Å². The lowest BCUT2D eigenvalue weighted by Crippen LogP contribution is -1.94. The maximum atomic E-state index is 9.82. The van der Waals surface area contributed by atoms with Crippen molar-refractivity contribution in [3.05, 3.63) is 20.8 Å². The fraction of sp³-hybridized carbons (Fsp3) is 0.600. The molecule has 0 spiro atoms. The van der Waals surface area contributed by atoms with E-state index in [1.54, 1.807) is 0 Å². The average molecular weight is 217 g/mol. The Morgan fingerprint density at radius 2 is 2.38 bits per heavy atom. The Hall–Kier alpha value is -0.0500. The van der Waals surface area contributed by atoms with E-state index in [1.807, 2.05) is 13.0 Å². The molecule has 1 aromatic rings. The zero-order valence-electron chi connectivity index (χ0n) is 7.59. The Morgan fingerprint density at radius 3 is 2.85 bits per heavy atom. The summed E-state index contributed by atoms with van der Waals surface area (Å²) in [5, 5.41) is 9.82. The van der Waals surface area contributed by atoms with Gasteiger partial charge in [-0.3, -0.25) is 0 Å². The van der Waals surface area contributed by atoms with E-state index in [1.165, 1.54) is 24.2 Å². The van der Waals surface area contributed by atoms with Crippen LogP contribution in [0.3, 0.4) is 0 Å². The third kappa shape index (κ3) is 2.25. The molecule has 1 aromatic heterocycles. The SMILES string of the molecule is Cc1cc(C(O)CC2CC2)sc1Cl. The fourth-order valence-electron chi connectivity index (χ4n) is 1.43. The minimum atomic E-state index is -0.288. The number of aryl methyl sites for hydroxylation is 1. The maximum Gasteiger partial charge on any atom is 0.0961 e. The minimum Gasteiger partial charge on any atom is -0.388 e. The predicted octanol–water partition coefficient (Wildman–Crippen LogP) is 3.54. The monoisotopic (exact) mass is 216 g/mol. The summed E-state index contributed by atoms with van der Waals surface area (Å²) in [5.41, 5.74) is 1.08. The standard InChI is InChI=1S/C10H13ClOS/c1-6-4-9(13-10(6)11)8(12)5-7-2-3-7/h4,7-8,12H,2-3,5H2,1H3. The molecule has 1 N–H and O–H groups in total. The Bertz CT molecular complexity index is 284. The summed E-state index contributed by atoms with van der Waals surface area (Å²) in [5.74, 6) is 0.760. The zero-order chi connectivity index (χ0) is 9.42. The lowest BCUT2D eigenvalue weighted by atomic mass is 10.1. The molecule has 2 rings (SSSR count). The molecule has 0 amide bonds. The first-order chi connectivity index (χ1) is 6.16. The van der Waals surface area contributed by atoms with Crippen molar-refractivity contribution >= 4 is 22.9 Å². The topological polar surface area (TPSA) is 20.2 Å². The smallest absolute Gasteiger partial charge is 0.0961 e. The van der Waals surface area contributed by atoms with Crippen molar-refractivity contribution in [3.8, 4) is 0 Å². The number of halogens is 1. The molecule has 72 valence electrons. The Morgan fingerprint density at radius 1 is 1.69 bits per heavy atom. The van der Waals surface area contributed by atoms with Crippen molar-refractivity contribution in [3.63, 3.8) is 0 Å². The first kappa shape index (κ1) is 9.50. The van der Waals surface area contributed by atoms with Crippen LogP contribution in [0, 0.1) is 12.8 Å². The summed E-state index contributed by atoms with van der Waals surface area (Å²) in [6.45, 7) is 1.98. The summed E-state index contributed by atoms with van der Waals surface area (Å²) < 4.78 is 0.810. The molecule has 1 nitrogen and oxygen atoms in total. The van der Waals surface area contributed by atoms with Crippen LogP contribution >= 0.6 is 22.9 Å². The molecule has 13 heavy (non-hydrogen) atoms. The predicted molar refractivity (Wildman–Crippen MR) is 56.4 cm³/mol. The van der Waals surface area contributed by atoms with Gasteiger partial charge in [0, 0.05) is 4.88 Å². The highest BCUT2D eigenvalue weighted by Gasteiger charge is 2.26. The molecule has 1 unspecified atom stereocenters. The number of hydrogen-bond donors (Lipinski definition) is 1. The molecule has 3 heteroatoms. The summed E-state index contributed by atoms with van der Waals surface area (Å²) in [6.07, 6.45) is 3.20. The number of rotatable bonds is 3. The number of aliphatic hydroxyl groups excluding tert-OH is 1. The van der Waals surface area contributed by atoms with E-state index < -0.39 is 0 Å². The molecule has 1 atom stereocenters. The third-order valence-electron chi connectivity index (χ3n) is 2.46. The highest BCUT2D eigenvalue weighted by Crippen LogP contribution is 2.40. The van der Waals surface area contributed by atoms with Gasteiger partial charge in [-0.1, -0.05) is 24.4 Å². The van der Waals surface area contributed by atoms with Crippen molar-refractivity contribution in [1.82, 2.24) is 0 Å². The molecule has 1 fully saturated rings. The van der Waals surface area contributed by atoms with Crippen molar-refractivity contribution in [2.45, 2.75) is 32.3 Å². The molecule has 1 aliphatic carbocycles. The van der Waals surface area contributed by atoms with Crippen LogP contribution < -0.4 is 0 Å². The summed E-state index contributed by atoms with van der Waals surface area (Å²) in [6, 6.07) is 2.00. The van der Waals surface area contributed by atoms with Crippen LogP contribution in [-0.2, 0) is 0 Å². The van der Waals surface area contributed by atoms with Crippen LogP contribution in [0.15, 0.2) is 6.07 Å². The molecule has 1 heterocycles. The average Bonchev–Trinajstić information content (AvgIpc) is 2.81. The van der Waals surface area contributed by atoms with Crippen LogP contribution in [0.1, 0.15) is 35.8 Å². The Labute approximate surface area is 87.4 Å². The van der Waals surface area contributed by atoms with Gasteiger partial charge in [-0.15, -0.1) is 11.3 Å². The van der Waals surface area contributed by atoms with Gasteiger partial charge in [-0.05, 0) is 30.9 Å². The van der Waals surface area contributed by atoms with E-state index >= 15 is 0 Å². The number of thiophene rings is 1. The normalized spacial score (nSPS) is 19.0. The number of hydrogen-bond acceptors (Lipinski definition) is 2. The highest BCUT2D eigenvalue weighted by atomic mass is 35.5. The molecular formula is C10H13ClOS. The van der Waals surface area contributed by atoms with Gasteiger partial charge < -0.3 is 5.11 Å². The minimum absolute atomic E-state index is 0.288.